The van der Waals surface area contributed by atoms with E-state index < -0.39 is 11.4 Å². The summed E-state index contributed by atoms with van der Waals surface area (Å²) in [5.74, 6) is 0.599. The fourth-order valence-corrected chi connectivity index (χ4v) is 4.84. The second kappa shape index (κ2) is 7.74. The lowest BCUT2D eigenvalue weighted by atomic mass is 9.92. The summed E-state index contributed by atoms with van der Waals surface area (Å²) in [4.78, 5) is 19.4. The van der Waals surface area contributed by atoms with E-state index in [4.69, 9.17) is 4.74 Å². The van der Waals surface area contributed by atoms with Crippen LogP contribution in [0.3, 0.4) is 0 Å². The van der Waals surface area contributed by atoms with Crippen LogP contribution in [-0.2, 0) is 9.53 Å². The molecule has 166 valence electrons. The number of piperidine rings is 1. The Balaban J connectivity index is 1.56. The van der Waals surface area contributed by atoms with Crippen LogP contribution >= 0.6 is 0 Å². The van der Waals surface area contributed by atoms with Crippen molar-refractivity contribution in [2.75, 3.05) is 23.4 Å². The van der Waals surface area contributed by atoms with Crippen LogP contribution < -0.4 is 10.2 Å². The minimum absolute atomic E-state index is 0.0741. The number of carbonyl (C=O) groups excluding carboxylic acids is 1. The SMILES string of the molecule is CC1(C)O/C(=C2/C(=O)Nc3cc(F)ccc32)C=C1c1ccnc(N2CCCCC2CO)c1. The van der Waals surface area contributed by atoms with Crippen molar-refractivity contribution in [1.82, 2.24) is 4.98 Å². The van der Waals surface area contributed by atoms with Crippen LogP contribution in [0, 0.1) is 5.82 Å². The summed E-state index contributed by atoms with van der Waals surface area (Å²) in [5, 5.41) is 12.5. The van der Waals surface area contributed by atoms with Gasteiger partial charge in [-0.15, -0.1) is 0 Å². The van der Waals surface area contributed by atoms with Gasteiger partial charge in [-0.3, -0.25) is 4.79 Å². The number of allylic oxidation sites excluding steroid dienone is 1. The molecule has 2 N–H and O–H groups in total. The largest absolute Gasteiger partial charge is 0.482 e. The van der Waals surface area contributed by atoms with Crippen LogP contribution in [0.4, 0.5) is 15.9 Å². The summed E-state index contributed by atoms with van der Waals surface area (Å²) in [6.07, 6.45) is 6.80. The van der Waals surface area contributed by atoms with Gasteiger partial charge in [-0.2, -0.15) is 0 Å². The predicted molar refractivity (Wildman–Crippen MR) is 121 cm³/mol. The molecule has 1 fully saturated rings. The molecule has 2 aromatic rings. The summed E-state index contributed by atoms with van der Waals surface area (Å²) in [7, 11) is 0. The standard InChI is InChI=1S/C25H26FN3O3/c1-25(2)19(15-8-9-27-22(11-15)29-10-4-3-5-17(29)14-30)13-21(32-25)23-18-7-6-16(26)12-20(18)28-24(23)31/h6-9,11-13,17,30H,3-5,10,14H2,1-2H3,(H,28,31)/b23-21+. The predicted octanol–water partition coefficient (Wildman–Crippen LogP) is 4.13. The smallest absolute Gasteiger partial charge is 0.260 e. The van der Waals surface area contributed by atoms with Gasteiger partial charge in [0.2, 0.25) is 0 Å². The minimum Gasteiger partial charge on any atom is -0.482 e. The number of aliphatic hydroxyl groups is 1. The molecule has 1 aromatic carbocycles. The van der Waals surface area contributed by atoms with Crippen molar-refractivity contribution < 1.29 is 19.0 Å². The van der Waals surface area contributed by atoms with E-state index in [1.54, 1.807) is 12.3 Å². The average molecular weight is 435 g/mol. The minimum atomic E-state index is -0.664. The van der Waals surface area contributed by atoms with E-state index in [1.807, 2.05) is 32.1 Å². The molecule has 0 spiro atoms. The molecule has 0 saturated carbocycles. The number of nitrogens with zero attached hydrogens (tertiary/aromatic N) is 2. The van der Waals surface area contributed by atoms with E-state index in [0.29, 0.717) is 22.6 Å². The zero-order chi connectivity index (χ0) is 22.5. The Morgan fingerprint density at radius 1 is 1.28 bits per heavy atom. The van der Waals surface area contributed by atoms with E-state index in [2.05, 4.69) is 15.2 Å². The molecular weight excluding hydrogens is 409 g/mol. The van der Waals surface area contributed by atoms with Crippen LogP contribution in [0.2, 0.25) is 0 Å². The molecule has 5 rings (SSSR count). The Kier molecular flexibility index (Phi) is 5.01. The van der Waals surface area contributed by atoms with Crippen molar-refractivity contribution in [2.45, 2.75) is 44.8 Å². The second-order valence-electron chi connectivity index (χ2n) is 8.98. The summed E-state index contributed by atoms with van der Waals surface area (Å²) >= 11 is 0. The number of halogens is 1. The van der Waals surface area contributed by atoms with Crippen molar-refractivity contribution in [3.63, 3.8) is 0 Å². The van der Waals surface area contributed by atoms with Crippen LogP contribution in [0.25, 0.3) is 11.1 Å². The zero-order valence-electron chi connectivity index (χ0n) is 18.2. The third-order valence-corrected chi connectivity index (χ3v) is 6.45. The first-order valence-corrected chi connectivity index (χ1v) is 11.0. The Morgan fingerprint density at radius 2 is 2.12 bits per heavy atom. The second-order valence-corrected chi connectivity index (χ2v) is 8.98. The highest BCUT2D eigenvalue weighted by molar-refractivity contribution is 6.32. The number of ether oxygens (including phenoxy) is 1. The molecule has 1 atom stereocenters. The van der Waals surface area contributed by atoms with Crippen molar-refractivity contribution in [1.29, 1.82) is 0 Å². The maximum Gasteiger partial charge on any atom is 0.260 e. The number of carbonyl (C=O) groups is 1. The fourth-order valence-electron chi connectivity index (χ4n) is 4.84. The number of aromatic nitrogens is 1. The molecule has 1 saturated heterocycles. The van der Waals surface area contributed by atoms with Gasteiger partial charge in [0.05, 0.1) is 23.9 Å². The first-order chi connectivity index (χ1) is 15.4. The number of aliphatic hydroxyl groups excluding tert-OH is 1. The Bertz CT molecular complexity index is 1150. The third-order valence-electron chi connectivity index (χ3n) is 6.45. The van der Waals surface area contributed by atoms with Crippen molar-refractivity contribution >= 4 is 28.6 Å². The monoisotopic (exact) mass is 435 g/mol. The lowest BCUT2D eigenvalue weighted by Crippen LogP contribution is -2.42. The number of hydrogen-bond acceptors (Lipinski definition) is 5. The van der Waals surface area contributed by atoms with Gasteiger partial charge in [-0.25, -0.2) is 9.37 Å². The average Bonchev–Trinajstić information content (AvgIpc) is 3.27. The summed E-state index contributed by atoms with van der Waals surface area (Å²) in [5.41, 5.74) is 2.72. The van der Waals surface area contributed by atoms with Crippen LogP contribution in [0.1, 0.15) is 44.2 Å². The molecule has 3 aliphatic heterocycles. The molecule has 4 heterocycles. The van der Waals surface area contributed by atoms with Crippen LogP contribution in [0.5, 0.6) is 0 Å². The zero-order valence-corrected chi connectivity index (χ0v) is 18.2. The molecule has 1 amide bonds. The summed E-state index contributed by atoms with van der Waals surface area (Å²) < 4.78 is 19.9. The van der Waals surface area contributed by atoms with E-state index in [-0.39, 0.29) is 18.6 Å². The number of nitrogens with one attached hydrogen (secondary N) is 1. The summed E-state index contributed by atoms with van der Waals surface area (Å²) in [6.45, 7) is 4.89. The lowest BCUT2D eigenvalue weighted by molar-refractivity contribution is -0.111. The number of hydrogen-bond donors (Lipinski definition) is 2. The molecule has 1 aromatic heterocycles. The van der Waals surface area contributed by atoms with Crippen LogP contribution in [0.15, 0.2) is 48.4 Å². The van der Waals surface area contributed by atoms with Gasteiger partial charge in [0.25, 0.3) is 5.91 Å². The third kappa shape index (κ3) is 3.46. The molecule has 32 heavy (non-hydrogen) atoms. The molecule has 0 radical (unpaired) electrons. The maximum atomic E-state index is 13.6. The number of rotatable bonds is 3. The number of amides is 1. The van der Waals surface area contributed by atoms with Gasteiger partial charge in [-0.1, -0.05) is 0 Å². The highest BCUT2D eigenvalue weighted by Gasteiger charge is 2.38. The van der Waals surface area contributed by atoms with Crippen molar-refractivity contribution in [3.05, 3.63) is 65.3 Å². The van der Waals surface area contributed by atoms with Gasteiger partial charge < -0.3 is 20.1 Å². The van der Waals surface area contributed by atoms with Crippen LogP contribution in [-0.4, -0.2) is 40.8 Å². The van der Waals surface area contributed by atoms with E-state index in [1.165, 1.54) is 12.1 Å². The molecule has 1 unspecified atom stereocenters. The number of fused-ring (bicyclic) bond motifs is 1. The first kappa shape index (κ1) is 20.7. The highest BCUT2D eigenvalue weighted by Crippen LogP contribution is 2.44. The first-order valence-electron chi connectivity index (χ1n) is 11.0. The molecule has 0 aliphatic carbocycles. The summed E-state index contributed by atoms with van der Waals surface area (Å²) in [6, 6.07) is 8.29. The Morgan fingerprint density at radius 3 is 2.94 bits per heavy atom. The molecule has 6 nitrogen and oxygen atoms in total. The number of benzene rings is 1. The van der Waals surface area contributed by atoms with Crippen molar-refractivity contribution in [3.8, 4) is 0 Å². The molecule has 7 heteroatoms. The normalized spacial score (nSPS) is 24.1. The van der Waals surface area contributed by atoms with Gasteiger partial charge in [0.1, 0.15) is 23.0 Å². The Hall–Kier alpha value is -3.19. The Labute approximate surface area is 186 Å². The van der Waals surface area contributed by atoms with Gasteiger partial charge in [0, 0.05) is 23.9 Å². The molecule has 0 bridgehead atoms. The van der Waals surface area contributed by atoms with E-state index in [9.17, 15) is 14.3 Å². The number of anilines is 2. The van der Waals surface area contributed by atoms with Gasteiger partial charge >= 0.3 is 0 Å². The maximum absolute atomic E-state index is 13.6. The van der Waals surface area contributed by atoms with Gasteiger partial charge in [0.15, 0.2) is 0 Å². The molecular formula is C25H26FN3O3. The van der Waals surface area contributed by atoms with E-state index >= 15 is 0 Å². The fraction of sp³-hybridized carbons (Fsp3) is 0.360. The van der Waals surface area contributed by atoms with E-state index in [0.717, 1.165) is 42.8 Å². The lowest BCUT2D eigenvalue weighted by Gasteiger charge is -2.36. The topological polar surface area (TPSA) is 74.7 Å². The number of pyridine rings is 1. The molecule has 3 aliphatic rings. The van der Waals surface area contributed by atoms with Gasteiger partial charge in [-0.05, 0) is 75.1 Å². The quantitative estimate of drug-likeness (QED) is 0.710. The van der Waals surface area contributed by atoms with Crippen molar-refractivity contribution in [2.24, 2.45) is 0 Å². The highest BCUT2D eigenvalue weighted by atomic mass is 19.1.